The zero-order valence-corrected chi connectivity index (χ0v) is 34.3. The molecule has 0 saturated heterocycles. The highest BCUT2D eigenvalue weighted by atomic mass is 32.1. The summed E-state index contributed by atoms with van der Waals surface area (Å²) in [6.45, 7) is 0. The fourth-order valence-electron chi connectivity index (χ4n) is 8.83. The highest BCUT2D eigenvalue weighted by molar-refractivity contribution is 7.26. The van der Waals surface area contributed by atoms with Crippen molar-refractivity contribution in [3.63, 3.8) is 0 Å². The average molecular weight is 809 g/mol. The smallest absolute Gasteiger partial charge is 0.165 e. The largest absolute Gasteiger partial charge is 0.309 e. The Balaban J connectivity index is 1.09. The fourth-order valence-corrected chi connectivity index (χ4v) is 10.0. The number of benzene rings is 9. The molecule has 0 saturated carbocycles. The van der Waals surface area contributed by atoms with Crippen molar-refractivity contribution in [3.05, 3.63) is 218 Å². The van der Waals surface area contributed by atoms with E-state index >= 15 is 0 Å². The Morgan fingerprint density at radius 1 is 0.306 bits per heavy atom. The number of thiophene rings is 1. The van der Waals surface area contributed by atoms with E-state index in [4.69, 9.17) is 15.0 Å². The maximum absolute atomic E-state index is 5.23. The van der Waals surface area contributed by atoms with Crippen LogP contribution in [0.4, 0.5) is 0 Å². The molecule has 12 rings (SSSR count). The van der Waals surface area contributed by atoms with Crippen LogP contribution in [-0.4, -0.2) is 19.5 Å². The van der Waals surface area contributed by atoms with Gasteiger partial charge in [-0.1, -0.05) is 176 Å². The molecule has 0 amide bonds. The van der Waals surface area contributed by atoms with Crippen LogP contribution in [0.25, 0.3) is 115 Å². The molecule has 290 valence electrons. The maximum atomic E-state index is 5.23. The van der Waals surface area contributed by atoms with Gasteiger partial charge in [-0.2, -0.15) is 0 Å². The molecule has 0 aliphatic heterocycles. The molecule has 0 spiro atoms. The molecule has 4 nitrogen and oxygen atoms in total. The number of rotatable bonds is 7. The molecule has 12 aromatic rings. The van der Waals surface area contributed by atoms with Crippen molar-refractivity contribution in [2.75, 3.05) is 0 Å². The van der Waals surface area contributed by atoms with Crippen LogP contribution >= 0.6 is 11.3 Å². The van der Waals surface area contributed by atoms with Gasteiger partial charge in [-0.05, 0) is 75.8 Å². The first-order valence-electron chi connectivity index (χ1n) is 20.8. The fraction of sp³-hybridized carbons (Fsp3) is 0. The van der Waals surface area contributed by atoms with E-state index in [0.717, 1.165) is 49.2 Å². The van der Waals surface area contributed by atoms with Gasteiger partial charge in [-0.25, -0.2) is 15.0 Å². The number of hydrogen-bond donors (Lipinski definition) is 0. The van der Waals surface area contributed by atoms with Crippen molar-refractivity contribution in [1.82, 2.24) is 19.5 Å². The van der Waals surface area contributed by atoms with Crippen molar-refractivity contribution in [1.29, 1.82) is 0 Å². The minimum Gasteiger partial charge on any atom is -0.309 e. The highest BCUT2D eigenvalue weighted by Crippen LogP contribution is 2.44. The topological polar surface area (TPSA) is 43.6 Å². The van der Waals surface area contributed by atoms with E-state index in [-0.39, 0.29) is 0 Å². The third kappa shape index (κ3) is 6.26. The van der Waals surface area contributed by atoms with Crippen molar-refractivity contribution < 1.29 is 0 Å². The third-order valence-corrected chi connectivity index (χ3v) is 13.1. The van der Waals surface area contributed by atoms with Gasteiger partial charge in [-0.15, -0.1) is 11.3 Å². The van der Waals surface area contributed by atoms with E-state index in [9.17, 15) is 0 Å². The molecular formula is C57H36N4S. The van der Waals surface area contributed by atoms with Crippen LogP contribution in [0.5, 0.6) is 0 Å². The number of aromatic nitrogens is 4. The lowest BCUT2D eigenvalue weighted by atomic mass is 9.98. The van der Waals surface area contributed by atoms with E-state index in [1.807, 2.05) is 36.4 Å². The van der Waals surface area contributed by atoms with Crippen LogP contribution in [0.3, 0.4) is 0 Å². The van der Waals surface area contributed by atoms with E-state index in [2.05, 4.69) is 187 Å². The Bertz CT molecular complexity index is 3460. The molecule has 0 aliphatic carbocycles. The van der Waals surface area contributed by atoms with Crippen molar-refractivity contribution in [2.24, 2.45) is 0 Å². The van der Waals surface area contributed by atoms with Gasteiger partial charge in [0.25, 0.3) is 0 Å². The molecule has 3 heterocycles. The van der Waals surface area contributed by atoms with Crippen LogP contribution in [-0.2, 0) is 0 Å². The minimum absolute atomic E-state index is 0.646. The van der Waals surface area contributed by atoms with E-state index in [0.29, 0.717) is 17.5 Å². The lowest BCUT2D eigenvalue weighted by Gasteiger charge is -2.13. The first-order chi connectivity index (χ1) is 30.7. The molecule has 0 atom stereocenters. The molecule has 0 radical (unpaired) electrons. The van der Waals surface area contributed by atoms with Gasteiger partial charge in [0.1, 0.15) is 0 Å². The highest BCUT2D eigenvalue weighted by Gasteiger charge is 2.20. The first kappa shape index (κ1) is 35.9. The molecule has 9 aromatic carbocycles. The van der Waals surface area contributed by atoms with Crippen LogP contribution < -0.4 is 0 Å². The van der Waals surface area contributed by atoms with Crippen molar-refractivity contribution >= 4 is 53.3 Å². The predicted molar refractivity (Wildman–Crippen MR) is 260 cm³/mol. The molecule has 0 unspecified atom stereocenters. The van der Waals surface area contributed by atoms with Gasteiger partial charge in [0.2, 0.25) is 0 Å². The average Bonchev–Trinajstić information content (AvgIpc) is 3.90. The predicted octanol–water partition coefficient (Wildman–Crippen LogP) is 15.3. The third-order valence-electron chi connectivity index (χ3n) is 11.8. The second kappa shape index (κ2) is 14.9. The Labute approximate surface area is 362 Å². The Kier molecular flexibility index (Phi) is 8.65. The lowest BCUT2D eigenvalue weighted by molar-refractivity contribution is 1.08. The summed E-state index contributed by atoms with van der Waals surface area (Å²) in [5, 5.41) is 4.84. The van der Waals surface area contributed by atoms with Gasteiger partial charge in [0, 0.05) is 53.3 Å². The number of fused-ring (bicyclic) bond motifs is 6. The molecule has 62 heavy (non-hydrogen) atoms. The summed E-state index contributed by atoms with van der Waals surface area (Å²) in [7, 11) is 0. The summed E-state index contributed by atoms with van der Waals surface area (Å²) >= 11 is 1.79. The molecule has 0 fully saturated rings. The molecule has 0 N–H and O–H groups in total. The zero-order valence-electron chi connectivity index (χ0n) is 33.5. The molecule has 0 aliphatic rings. The summed E-state index contributed by atoms with van der Waals surface area (Å²) in [4.78, 5) is 15.5. The van der Waals surface area contributed by atoms with Gasteiger partial charge in [-0.3, -0.25) is 0 Å². The van der Waals surface area contributed by atoms with Gasteiger partial charge in [0.05, 0.1) is 11.0 Å². The normalized spacial score (nSPS) is 11.5. The SMILES string of the molecule is c1ccc(-c2ccc3c4ccc(-c5ccccc5)cc4n(-c4cccc(-c5cc(-c6nc(-c7ccccc7)nc(-c7ccccc7)n6)c6sc7ccccc7c6c5)c4)c3c2)cc1. The van der Waals surface area contributed by atoms with E-state index in [1.54, 1.807) is 11.3 Å². The van der Waals surface area contributed by atoms with Crippen LogP contribution in [0, 0.1) is 0 Å². The van der Waals surface area contributed by atoms with Crippen LogP contribution in [0.1, 0.15) is 0 Å². The lowest BCUT2D eigenvalue weighted by Crippen LogP contribution is -2.00. The van der Waals surface area contributed by atoms with Crippen LogP contribution in [0.2, 0.25) is 0 Å². The Hall–Kier alpha value is -7.99. The summed E-state index contributed by atoms with van der Waals surface area (Å²) in [5.41, 5.74) is 13.2. The first-order valence-corrected chi connectivity index (χ1v) is 21.7. The summed E-state index contributed by atoms with van der Waals surface area (Å²) in [6.07, 6.45) is 0. The molecule has 3 aromatic heterocycles. The maximum Gasteiger partial charge on any atom is 0.165 e. The number of hydrogen-bond acceptors (Lipinski definition) is 4. The quantitative estimate of drug-likeness (QED) is 0.161. The molecular weight excluding hydrogens is 773 g/mol. The standard InChI is InChI=1S/C57H36N4S/c1-5-16-37(17-6-1)42-28-30-46-47-31-29-43(38-18-7-2-8-19-38)36-52(47)61(51(46)35-42)45-25-15-24-41(32-45)44-33-49-48-26-13-14-27-53(48)62-54(49)50(34-44)57-59-55(39-20-9-3-10-21-39)58-56(60-57)40-22-11-4-12-23-40/h1-36H. The Morgan fingerprint density at radius 2 is 0.790 bits per heavy atom. The van der Waals surface area contributed by atoms with Gasteiger partial charge < -0.3 is 4.57 Å². The van der Waals surface area contributed by atoms with Crippen molar-refractivity contribution in [2.45, 2.75) is 0 Å². The molecule has 0 bridgehead atoms. The molecule has 5 heteroatoms. The summed E-state index contributed by atoms with van der Waals surface area (Å²) in [6, 6.07) is 77.7. The zero-order chi connectivity index (χ0) is 41.0. The van der Waals surface area contributed by atoms with Crippen molar-refractivity contribution in [3.8, 4) is 73.2 Å². The monoisotopic (exact) mass is 808 g/mol. The minimum atomic E-state index is 0.646. The second-order valence-electron chi connectivity index (χ2n) is 15.6. The van der Waals surface area contributed by atoms with E-state index < -0.39 is 0 Å². The second-order valence-corrected chi connectivity index (χ2v) is 16.7. The summed E-state index contributed by atoms with van der Waals surface area (Å²) < 4.78 is 4.82. The Morgan fingerprint density at radius 3 is 1.37 bits per heavy atom. The number of nitrogens with zero attached hydrogens (tertiary/aromatic N) is 4. The van der Waals surface area contributed by atoms with Crippen LogP contribution in [0.15, 0.2) is 218 Å². The van der Waals surface area contributed by atoms with Gasteiger partial charge in [0.15, 0.2) is 17.5 Å². The van der Waals surface area contributed by atoms with Gasteiger partial charge >= 0.3 is 0 Å². The summed E-state index contributed by atoms with van der Waals surface area (Å²) in [5.74, 6) is 1.94. The van der Waals surface area contributed by atoms with E-state index in [1.165, 1.54) is 48.5 Å².